The van der Waals surface area contributed by atoms with Gasteiger partial charge in [0.1, 0.15) is 0 Å². The summed E-state index contributed by atoms with van der Waals surface area (Å²) in [4.78, 5) is 11.2. The molecule has 2 heterocycles. The fraction of sp³-hybridized carbons (Fsp3) is 1.00. The van der Waals surface area contributed by atoms with Gasteiger partial charge in [-0.1, -0.05) is 60.3 Å². The first-order chi connectivity index (χ1) is 14.9. The van der Waals surface area contributed by atoms with Gasteiger partial charge in [-0.05, 0) is 72.2 Å². The van der Waals surface area contributed by atoms with Gasteiger partial charge in [0.25, 0.3) is 0 Å². The minimum Gasteiger partial charge on any atom is -0.325 e. The van der Waals surface area contributed by atoms with Gasteiger partial charge in [0, 0.05) is 37.3 Å². The highest BCUT2D eigenvalue weighted by Crippen LogP contribution is 2.34. The average molecular weight is 446 g/mol. The molecule has 0 spiro atoms. The van der Waals surface area contributed by atoms with Gasteiger partial charge in [-0.25, -0.2) is 0 Å². The standard InChI is InChI=1S/C26H56B2N4/c1-11-13-17-27-29(23(3)4)19-20-30(27)24(5)15-16-26(9,10)32-22-21-31(25(6,7)8)28(32)18-14-12-2/h23-24H,11-22H2,1-10H3. The van der Waals surface area contributed by atoms with E-state index in [1.807, 2.05) is 0 Å². The van der Waals surface area contributed by atoms with Crippen LogP contribution in [0.25, 0.3) is 0 Å². The Hall–Kier alpha value is -0.0301. The van der Waals surface area contributed by atoms with E-state index in [2.05, 4.69) is 88.5 Å². The first kappa shape index (κ1) is 28.2. The molecule has 6 heteroatoms. The second kappa shape index (κ2) is 12.1. The molecule has 0 aromatic heterocycles. The average Bonchev–Trinajstić information content (AvgIpc) is 3.33. The highest BCUT2D eigenvalue weighted by molar-refractivity contribution is 6.54. The van der Waals surface area contributed by atoms with Crippen LogP contribution in [0.2, 0.25) is 12.6 Å². The summed E-state index contributed by atoms with van der Waals surface area (Å²) in [5.74, 6) is 0. The van der Waals surface area contributed by atoms with Crippen LogP contribution < -0.4 is 0 Å². The number of hydrogen-bond donors (Lipinski definition) is 0. The van der Waals surface area contributed by atoms with Gasteiger partial charge in [-0.15, -0.1) is 0 Å². The van der Waals surface area contributed by atoms with Gasteiger partial charge in [0.05, 0.1) is 0 Å². The fourth-order valence-corrected chi connectivity index (χ4v) is 6.29. The lowest BCUT2D eigenvalue weighted by Crippen LogP contribution is -2.57. The molecule has 0 aromatic rings. The first-order valence-corrected chi connectivity index (χ1v) is 14.0. The summed E-state index contributed by atoms with van der Waals surface area (Å²) in [7, 11) is 0. The molecule has 2 aliphatic heterocycles. The molecule has 0 radical (unpaired) electrons. The maximum atomic E-state index is 2.86. The van der Waals surface area contributed by atoms with Crippen molar-refractivity contribution in [2.24, 2.45) is 0 Å². The maximum absolute atomic E-state index is 2.86. The van der Waals surface area contributed by atoms with Crippen LogP contribution in [0.5, 0.6) is 0 Å². The van der Waals surface area contributed by atoms with Gasteiger partial charge in [-0.3, -0.25) is 0 Å². The van der Waals surface area contributed by atoms with Crippen molar-refractivity contribution in [3.05, 3.63) is 0 Å². The normalized spacial score (nSPS) is 21.5. The largest absolute Gasteiger partial charge is 0.325 e. The van der Waals surface area contributed by atoms with Gasteiger partial charge >= 0.3 is 14.0 Å². The molecule has 0 N–H and O–H groups in total. The zero-order valence-electron chi connectivity index (χ0n) is 23.6. The Morgan fingerprint density at radius 1 is 0.719 bits per heavy atom. The topological polar surface area (TPSA) is 13.0 Å². The molecule has 2 fully saturated rings. The number of rotatable bonds is 12. The summed E-state index contributed by atoms with van der Waals surface area (Å²) < 4.78 is 0. The van der Waals surface area contributed by atoms with Crippen LogP contribution in [-0.2, 0) is 0 Å². The van der Waals surface area contributed by atoms with E-state index in [1.165, 1.54) is 77.3 Å². The molecular weight excluding hydrogens is 390 g/mol. The SMILES string of the molecule is CCCCB1N(C(C)C)CCN1C(C)CCC(C)(C)N1CCN(C(C)(C)C)B1CCCC. The lowest BCUT2D eigenvalue weighted by molar-refractivity contribution is 0.202. The molecule has 4 nitrogen and oxygen atoms in total. The van der Waals surface area contributed by atoms with Gasteiger partial charge < -0.3 is 19.2 Å². The highest BCUT2D eigenvalue weighted by Gasteiger charge is 2.46. The van der Waals surface area contributed by atoms with Crippen LogP contribution in [-0.4, -0.2) is 82.5 Å². The van der Waals surface area contributed by atoms with Gasteiger partial charge in [-0.2, -0.15) is 0 Å². The quantitative estimate of drug-likeness (QED) is 0.344. The fourth-order valence-electron chi connectivity index (χ4n) is 6.29. The van der Waals surface area contributed by atoms with E-state index in [0.29, 0.717) is 26.0 Å². The first-order valence-electron chi connectivity index (χ1n) is 14.0. The van der Waals surface area contributed by atoms with Crippen molar-refractivity contribution in [2.75, 3.05) is 26.2 Å². The van der Waals surface area contributed by atoms with Crippen LogP contribution in [0.3, 0.4) is 0 Å². The van der Waals surface area contributed by atoms with Crippen molar-refractivity contribution in [3.8, 4) is 0 Å². The Bertz CT molecular complexity index is 548. The highest BCUT2D eigenvalue weighted by atomic mass is 15.3. The minimum absolute atomic E-state index is 0.249. The minimum atomic E-state index is 0.249. The van der Waals surface area contributed by atoms with E-state index in [4.69, 9.17) is 0 Å². The number of unbranched alkanes of at least 4 members (excludes halogenated alkanes) is 2. The molecule has 0 aliphatic carbocycles. The van der Waals surface area contributed by atoms with Crippen molar-refractivity contribution in [1.29, 1.82) is 0 Å². The van der Waals surface area contributed by atoms with Crippen molar-refractivity contribution >= 4 is 14.0 Å². The second-order valence-electron chi connectivity index (χ2n) is 12.6. The molecule has 0 aromatic carbocycles. The lowest BCUT2D eigenvalue weighted by Gasteiger charge is -2.44. The molecular formula is C26H56B2N4. The molecule has 0 saturated carbocycles. The third kappa shape index (κ3) is 6.99. The Kier molecular flexibility index (Phi) is 10.7. The van der Waals surface area contributed by atoms with E-state index in [9.17, 15) is 0 Å². The lowest BCUT2D eigenvalue weighted by atomic mass is 9.63. The second-order valence-corrected chi connectivity index (χ2v) is 12.6. The van der Waals surface area contributed by atoms with E-state index in [1.54, 1.807) is 0 Å². The van der Waals surface area contributed by atoms with Crippen LogP contribution >= 0.6 is 0 Å². The van der Waals surface area contributed by atoms with Crippen LogP contribution in [0, 0.1) is 0 Å². The van der Waals surface area contributed by atoms with E-state index < -0.39 is 0 Å². The molecule has 186 valence electrons. The summed E-state index contributed by atoms with van der Waals surface area (Å²) >= 11 is 0. The molecule has 1 atom stereocenters. The van der Waals surface area contributed by atoms with Crippen LogP contribution in [0.15, 0.2) is 0 Å². The zero-order valence-corrected chi connectivity index (χ0v) is 23.6. The Morgan fingerprint density at radius 2 is 1.25 bits per heavy atom. The number of hydrogen-bond acceptors (Lipinski definition) is 4. The Balaban J connectivity index is 2.04. The molecule has 0 amide bonds. The molecule has 0 bridgehead atoms. The van der Waals surface area contributed by atoms with Crippen molar-refractivity contribution < 1.29 is 0 Å². The summed E-state index contributed by atoms with van der Waals surface area (Å²) in [6.45, 7) is 30.3. The van der Waals surface area contributed by atoms with Crippen molar-refractivity contribution in [3.63, 3.8) is 0 Å². The Morgan fingerprint density at radius 3 is 1.78 bits per heavy atom. The van der Waals surface area contributed by atoms with E-state index >= 15 is 0 Å². The Labute approximate surface area is 203 Å². The summed E-state index contributed by atoms with van der Waals surface area (Å²) in [6.07, 6.45) is 10.5. The van der Waals surface area contributed by atoms with Crippen LogP contribution in [0.1, 0.15) is 108 Å². The van der Waals surface area contributed by atoms with Crippen molar-refractivity contribution in [1.82, 2.24) is 19.2 Å². The monoisotopic (exact) mass is 446 g/mol. The van der Waals surface area contributed by atoms with Crippen molar-refractivity contribution in [2.45, 2.75) is 144 Å². The van der Waals surface area contributed by atoms with E-state index in [0.717, 1.165) is 0 Å². The van der Waals surface area contributed by atoms with Crippen LogP contribution in [0.4, 0.5) is 0 Å². The molecule has 2 aliphatic rings. The number of nitrogens with zero attached hydrogens (tertiary/aromatic N) is 4. The van der Waals surface area contributed by atoms with Gasteiger partial charge in [0.2, 0.25) is 0 Å². The summed E-state index contributed by atoms with van der Waals surface area (Å²) in [5.41, 5.74) is 0.502. The molecule has 2 saturated heterocycles. The summed E-state index contributed by atoms with van der Waals surface area (Å²) in [6, 6.07) is 1.31. The maximum Gasteiger partial charge on any atom is 0.311 e. The van der Waals surface area contributed by atoms with E-state index in [-0.39, 0.29) is 11.1 Å². The van der Waals surface area contributed by atoms with Gasteiger partial charge in [0.15, 0.2) is 0 Å². The third-order valence-electron chi connectivity index (χ3n) is 8.36. The molecule has 2 rings (SSSR count). The predicted octanol–water partition coefficient (Wildman–Crippen LogP) is 5.95. The zero-order chi connectivity index (χ0) is 24.1. The summed E-state index contributed by atoms with van der Waals surface area (Å²) in [5, 5.41) is 0. The predicted molar refractivity (Wildman–Crippen MR) is 145 cm³/mol. The third-order valence-corrected chi connectivity index (χ3v) is 8.36. The smallest absolute Gasteiger partial charge is 0.311 e. The molecule has 1 unspecified atom stereocenters. The molecule has 32 heavy (non-hydrogen) atoms.